The van der Waals surface area contributed by atoms with Gasteiger partial charge in [-0.25, -0.2) is 4.68 Å². The van der Waals surface area contributed by atoms with Gasteiger partial charge in [-0.05, 0) is 31.5 Å². The molecule has 0 aliphatic heterocycles. The molecular weight excluding hydrogens is 186 g/mol. The van der Waals surface area contributed by atoms with Crippen LogP contribution in [0.3, 0.4) is 0 Å². The highest BCUT2D eigenvalue weighted by molar-refractivity contribution is 5.39. The second-order valence-corrected chi connectivity index (χ2v) is 3.76. The van der Waals surface area contributed by atoms with E-state index in [1.807, 2.05) is 42.1 Å². The maximum absolute atomic E-state index is 5.77. The molecule has 1 aromatic heterocycles. The first-order valence-electron chi connectivity index (χ1n) is 5.05. The summed E-state index contributed by atoms with van der Waals surface area (Å²) in [5.41, 5.74) is 8.99. The van der Waals surface area contributed by atoms with Crippen molar-refractivity contribution in [2.45, 2.75) is 19.9 Å². The van der Waals surface area contributed by atoms with Gasteiger partial charge in [0.05, 0.1) is 11.4 Å². The Balaban J connectivity index is 2.42. The van der Waals surface area contributed by atoms with Crippen LogP contribution in [-0.2, 0) is 0 Å². The summed E-state index contributed by atoms with van der Waals surface area (Å²) in [7, 11) is 0. The first-order chi connectivity index (χ1) is 7.18. The van der Waals surface area contributed by atoms with E-state index in [0.717, 1.165) is 11.4 Å². The van der Waals surface area contributed by atoms with Gasteiger partial charge in [0.15, 0.2) is 0 Å². The van der Waals surface area contributed by atoms with Crippen molar-refractivity contribution < 1.29 is 0 Å². The summed E-state index contributed by atoms with van der Waals surface area (Å²) in [6, 6.07) is 10.1. The molecule has 15 heavy (non-hydrogen) atoms. The minimum absolute atomic E-state index is 0.0183. The molecule has 1 aromatic carbocycles. The van der Waals surface area contributed by atoms with Gasteiger partial charge in [-0.3, -0.25) is 0 Å². The predicted octanol–water partition coefficient (Wildman–Crippen LogP) is 2.20. The fourth-order valence-electron chi connectivity index (χ4n) is 1.54. The Morgan fingerprint density at radius 1 is 1.27 bits per heavy atom. The number of hydrogen-bond donors (Lipinski definition) is 1. The summed E-state index contributed by atoms with van der Waals surface area (Å²) >= 11 is 0. The van der Waals surface area contributed by atoms with E-state index in [2.05, 4.69) is 18.1 Å². The third kappa shape index (κ3) is 1.92. The van der Waals surface area contributed by atoms with Crippen molar-refractivity contribution in [1.29, 1.82) is 0 Å². The number of nitrogens with zero attached hydrogens (tertiary/aromatic N) is 2. The lowest BCUT2D eigenvalue weighted by atomic mass is 10.2. The van der Waals surface area contributed by atoms with Crippen LogP contribution in [0, 0.1) is 6.92 Å². The fourth-order valence-corrected chi connectivity index (χ4v) is 1.54. The first kappa shape index (κ1) is 9.93. The second kappa shape index (κ2) is 3.87. The van der Waals surface area contributed by atoms with Crippen molar-refractivity contribution in [3.8, 4) is 5.69 Å². The average Bonchev–Trinajstić information content (AvgIpc) is 2.67. The Morgan fingerprint density at radius 2 is 2.00 bits per heavy atom. The lowest BCUT2D eigenvalue weighted by molar-refractivity contribution is 0.741. The molecule has 0 bridgehead atoms. The Hall–Kier alpha value is -1.61. The predicted molar refractivity (Wildman–Crippen MR) is 60.9 cm³/mol. The summed E-state index contributed by atoms with van der Waals surface area (Å²) in [5, 5.41) is 4.43. The number of aryl methyl sites for hydroxylation is 1. The van der Waals surface area contributed by atoms with Crippen LogP contribution in [0.5, 0.6) is 0 Å². The summed E-state index contributed by atoms with van der Waals surface area (Å²) < 4.78 is 1.87. The summed E-state index contributed by atoms with van der Waals surface area (Å²) in [5.74, 6) is 0. The molecule has 3 heteroatoms. The molecule has 0 fully saturated rings. The lowest BCUT2D eigenvalue weighted by Crippen LogP contribution is -2.07. The Labute approximate surface area is 89.5 Å². The second-order valence-electron chi connectivity index (χ2n) is 3.76. The minimum Gasteiger partial charge on any atom is -0.323 e. The van der Waals surface area contributed by atoms with Crippen LogP contribution in [0.2, 0.25) is 0 Å². The van der Waals surface area contributed by atoms with Gasteiger partial charge in [0.25, 0.3) is 0 Å². The molecule has 0 spiro atoms. The van der Waals surface area contributed by atoms with Crippen molar-refractivity contribution in [3.05, 3.63) is 47.8 Å². The molecule has 0 saturated heterocycles. The summed E-state index contributed by atoms with van der Waals surface area (Å²) in [6.45, 7) is 4.01. The highest BCUT2D eigenvalue weighted by atomic mass is 15.3. The number of benzene rings is 1. The van der Waals surface area contributed by atoms with Gasteiger partial charge in [0.1, 0.15) is 0 Å². The molecule has 0 saturated carbocycles. The fraction of sp³-hybridized carbons (Fsp3) is 0.250. The molecule has 78 valence electrons. The number of para-hydroxylation sites is 1. The third-order valence-electron chi connectivity index (χ3n) is 2.44. The molecular formula is C12H15N3. The van der Waals surface area contributed by atoms with Crippen LogP contribution in [0.25, 0.3) is 5.69 Å². The van der Waals surface area contributed by atoms with Crippen molar-refractivity contribution in [2.75, 3.05) is 0 Å². The Bertz CT molecular complexity index is 457. The molecule has 1 atom stereocenters. The summed E-state index contributed by atoms with van der Waals surface area (Å²) in [4.78, 5) is 0. The molecule has 3 nitrogen and oxygen atoms in total. The van der Waals surface area contributed by atoms with Crippen LogP contribution < -0.4 is 5.73 Å². The summed E-state index contributed by atoms with van der Waals surface area (Å²) in [6.07, 6.45) is 1.95. The molecule has 2 aromatic rings. The third-order valence-corrected chi connectivity index (χ3v) is 2.44. The molecule has 2 rings (SSSR count). The van der Waals surface area contributed by atoms with Gasteiger partial charge in [-0.15, -0.1) is 0 Å². The van der Waals surface area contributed by atoms with E-state index in [1.165, 1.54) is 5.56 Å². The first-order valence-corrected chi connectivity index (χ1v) is 5.05. The van der Waals surface area contributed by atoms with Gasteiger partial charge in [0.2, 0.25) is 0 Å². The quantitative estimate of drug-likeness (QED) is 0.809. The van der Waals surface area contributed by atoms with Gasteiger partial charge in [-0.2, -0.15) is 5.10 Å². The minimum atomic E-state index is -0.0183. The van der Waals surface area contributed by atoms with Crippen molar-refractivity contribution in [3.63, 3.8) is 0 Å². The van der Waals surface area contributed by atoms with E-state index in [9.17, 15) is 0 Å². The van der Waals surface area contributed by atoms with Crippen LogP contribution in [-0.4, -0.2) is 9.78 Å². The van der Waals surface area contributed by atoms with Crippen LogP contribution in [0.15, 0.2) is 36.5 Å². The molecule has 2 N–H and O–H groups in total. The molecule has 0 radical (unpaired) electrons. The number of nitrogens with two attached hydrogens (primary N) is 1. The lowest BCUT2D eigenvalue weighted by Gasteiger charge is -2.05. The number of rotatable bonds is 2. The number of hydrogen-bond acceptors (Lipinski definition) is 2. The van der Waals surface area contributed by atoms with Crippen LogP contribution >= 0.6 is 0 Å². The maximum atomic E-state index is 5.77. The molecule has 1 heterocycles. The highest BCUT2D eigenvalue weighted by Crippen LogP contribution is 2.14. The van der Waals surface area contributed by atoms with Gasteiger partial charge < -0.3 is 5.73 Å². The van der Waals surface area contributed by atoms with Gasteiger partial charge in [-0.1, -0.05) is 18.2 Å². The van der Waals surface area contributed by atoms with E-state index in [1.54, 1.807) is 0 Å². The van der Waals surface area contributed by atoms with E-state index < -0.39 is 0 Å². The molecule has 1 unspecified atom stereocenters. The van der Waals surface area contributed by atoms with Crippen molar-refractivity contribution >= 4 is 0 Å². The van der Waals surface area contributed by atoms with Gasteiger partial charge in [0, 0.05) is 12.2 Å². The monoisotopic (exact) mass is 201 g/mol. The zero-order valence-electron chi connectivity index (χ0n) is 9.01. The highest BCUT2D eigenvalue weighted by Gasteiger charge is 2.05. The van der Waals surface area contributed by atoms with Crippen LogP contribution in [0.1, 0.15) is 24.2 Å². The smallest absolute Gasteiger partial charge is 0.0793 e. The van der Waals surface area contributed by atoms with Gasteiger partial charge >= 0.3 is 0 Å². The number of aromatic nitrogens is 2. The Kier molecular flexibility index (Phi) is 2.56. The van der Waals surface area contributed by atoms with E-state index in [0.29, 0.717) is 0 Å². The van der Waals surface area contributed by atoms with E-state index >= 15 is 0 Å². The van der Waals surface area contributed by atoms with Crippen molar-refractivity contribution in [2.24, 2.45) is 5.73 Å². The topological polar surface area (TPSA) is 43.8 Å². The Morgan fingerprint density at radius 3 is 2.60 bits per heavy atom. The molecule has 0 aliphatic rings. The average molecular weight is 201 g/mol. The molecule has 0 amide bonds. The molecule has 0 aliphatic carbocycles. The largest absolute Gasteiger partial charge is 0.323 e. The zero-order valence-corrected chi connectivity index (χ0v) is 9.01. The van der Waals surface area contributed by atoms with E-state index in [-0.39, 0.29) is 6.04 Å². The van der Waals surface area contributed by atoms with Crippen LogP contribution in [0.4, 0.5) is 0 Å². The standard InChI is InChI=1S/C12H15N3/c1-9-5-3-4-6-12(9)15-8-7-11(14-15)10(2)13/h3-8,10H,13H2,1-2H3. The normalized spacial score (nSPS) is 12.7. The maximum Gasteiger partial charge on any atom is 0.0793 e. The zero-order chi connectivity index (χ0) is 10.8. The van der Waals surface area contributed by atoms with Crippen molar-refractivity contribution in [1.82, 2.24) is 9.78 Å². The SMILES string of the molecule is Cc1ccccc1-n1ccc(C(C)N)n1. The van der Waals surface area contributed by atoms with E-state index in [4.69, 9.17) is 5.73 Å².